The average Bonchev–Trinajstić information content (AvgIpc) is 2.52. The van der Waals surface area contributed by atoms with E-state index in [9.17, 15) is 4.79 Å². The Morgan fingerprint density at radius 1 is 1.85 bits per heavy atom. The molecule has 0 bridgehead atoms. The maximum absolute atomic E-state index is 10.7. The molecule has 1 aromatic rings. The summed E-state index contributed by atoms with van der Waals surface area (Å²) in [4.78, 5) is 15.2. The van der Waals surface area contributed by atoms with E-state index in [0.29, 0.717) is 12.4 Å². The van der Waals surface area contributed by atoms with Crippen molar-refractivity contribution in [3.05, 3.63) is 22.7 Å². The predicted molar refractivity (Wildman–Crippen MR) is 51.3 cm³/mol. The van der Waals surface area contributed by atoms with Crippen molar-refractivity contribution in [2.45, 2.75) is 6.92 Å². The van der Waals surface area contributed by atoms with E-state index in [-0.39, 0.29) is 5.01 Å². The fourth-order valence-corrected chi connectivity index (χ4v) is 1.45. The maximum Gasteiger partial charge on any atom is 0.277 e. The lowest BCUT2D eigenvalue weighted by molar-refractivity contribution is 0.1000. The van der Waals surface area contributed by atoms with Crippen molar-refractivity contribution in [1.29, 1.82) is 0 Å². The molecule has 4 nitrogen and oxygen atoms in total. The van der Waals surface area contributed by atoms with Crippen LogP contribution in [0.25, 0.3) is 5.76 Å². The number of thiazole rings is 1. The molecular formula is C8H10N2O2S. The molecule has 0 radical (unpaired) electrons. The topological polar surface area (TPSA) is 65.2 Å². The molecule has 1 rings (SSSR count). The molecule has 2 N–H and O–H groups in total. The van der Waals surface area contributed by atoms with E-state index in [2.05, 4.69) is 11.6 Å². The van der Waals surface area contributed by atoms with Gasteiger partial charge < -0.3 is 10.5 Å². The van der Waals surface area contributed by atoms with E-state index in [0.717, 1.165) is 4.88 Å². The first-order valence-electron chi connectivity index (χ1n) is 3.72. The van der Waals surface area contributed by atoms with Crippen molar-refractivity contribution >= 4 is 23.0 Å². The highest BCUT2D eigenvalue weighted by molar-refractivity contribution is 7.14. The van der Waals surface area contributed by atoms with Gasteiger partial charge in [0.1, 0.15) is 5.76 Å². The number of hydrogen-bond acceptors (Lipinski definition) is 4. The summed E-state index contributed by atoms with van der Waals surface area (Å²) in [5.74, 6) is -0.00644. The number of amides is 1. The number of aromatic nitrogens is 1. The third-order valence-corrected chi connectivity index (χ3v) is 2.36. The number of nitrogens with two attached hydrogens (primary N) is 1. The third-order valence-electron chi connectivity index (χ3n) is 1.31. The highest BCUT2D eigenvalue weighted by atomic mass is 32.1. The average molecular weight is 198 g/mol. The van der Waals surface area contributed by atoms with E-state index in [1.807, 2.05) is 6.92 Å². The van der Waals surface area contributed by atoms with E-state index < -0.39 is 5.91 Å². The Morgan fingerprint density at radius 3 is 3.00 bits per heavy atom. The van der Waals surface area contributed by atoms with Crippen molar-refractivity contribution in [1.82, 2.24) is 4.98 Å². The molecule has 0 saturated heterocycles. The largest absolute Gasteiger partial charge is 0.493 e. The van der Waals surface area contributed by atoms with Crippen LogP contribution in [-0.2, 0) is 4.74 Å². The molecule has 0 spiro atoms. The molecule has 0 aliphatic rings. The Hall–Kier alpha value is -1.36. The zero-order chi connectivity index (χ0) is 9.84. The van der Waals surface area contributed by atoms with Crippen molar-refractivity contribution in [3.63, 3.8) is 0 Å². The number of ether oxygens (including phenoxy) is 1. The summed E-state index contributed by atoms with van der Waals surface area (Å²) in [6.45, 7) is 6.09. The summed E-state index contributed by atoms with van der Waals surface area (Å²) in [5.41, 5.74) is 5.04. The minimum atomic E-state index is -0.527. The predicted octanol–water partition coefficient (Wildman–Crippen LogP) is 1.25. The van der Waals surface area contributed by atoms with Crippen LogP contribution in [0, 0.1) is 0 Å². The summed E-state index contributed by atoms with van der Waals surface area (Å²) in [6.07, 6.45) is 1.53. The second-order valence-corrected chi connectivity index (χ2v) is 3.28. The van der Waals surface area contributed by atoms with E-state index in [4.69, 9.17) is 10.5 Å². The van der Waals surface area contributed by atoms with Gasteiger partial charge in [-0.2, -0.15) is 0 Å². The molecule has 0 saturated carbocycles. The van der Waals surface area contributed by atoms with Gasteiger partial charge in [-0.3, -0.25) is 4.79 Å². The van der Waals surface area contributed by atoms with Gasteiger partial charge in [0.15, 0.2) is 5.01 Å². The summed E-state index contributed by atoms with van der Waals surface area (Å²) < 4.78 is 5.14. The van der Waals surface area contributed by atoms with Crippen molar-refractivity contribution < 1.29 is 9.53 Å². The molecule has 0 aliphatic carbocycles. The fourth-order valence-electron chi connectivity index (χ4n) is 0.762. The van der Waals surface area contributed by atoms with Crippen LogP contribution in [0.4, 0.5) is 0 Å². The molecule has 1 heterocycles. The van der Waals surface area contributed by atoms with Crippen LogP contribution in [0.5, 0.6) is 0 Å². The summed E-state index contributed by atoms with van der Waals surface area (Å²) in [5, 5.41) is 0.274. The zero-order valence-corrected chi connectivity index (χ0v) is 8.06. The van der Waals surface area contributed by atoms with Gasteiger partial charge in [0, 0.05) is 6.20 Å². The van der Waals surface area contributed by atoms with Crippen molar-refractivity contribution in [2.24, 2.45) is 5.73 Å². The van der Waals surface area contributed by atoms with Gasteiger partial charge in [-0.1, -0.05) is 6.58 Å². The highest BCUT2D eigenvalue weighted by Crippen LogP contribution is 2.20. The SMILES string of the molecule is C=C(OCC)c1cnc(C(N)=O)s1. The number of primary amides is 1. The molecule has 0 atom stereocenters. The Bertz CT molecular complexity index is 333. The smallest absolute Gasteiger partial charge is 0.277 e. The quantitative estimate of drug-likeness (QED) is 0.740. The molecule has 0 unspecified atom stereocenters. The van der Waals surface area contributed by atoms with Crippen molar-refractivity contribution in [3.8, 4) is 0 Å². The number of nitrogens with zero attached hydrogens (tertiary/aromatic N) is 1. The van der Waals surface area contributed by atoms with Gasteiger partial charge in [0.05, 0.1) is 11.5 Å². The molecule has 13 heavy (non-hydrogen) atoms. The molecule has 0 aromatic carbocycles. The van der Waals surface area contributed by atoms with Crippen LogP contribution >= 0.6 is 11.3 Å². The van der Waals surface area contributed by atoms with E-state index in [1.165, 1.54) is 17.5 Å². The van der Waals surface area contributed by atoms with E-state index >= 15 is 0 Å². The van der Waals surface area contributed by atoms with Gasteiger partial charge in [0.2, 0.25) is 0 Å². The van der Waals surface area contributed by atoms with Gasteiger partial charge in [-0.25, -0.2) is 4.98 Å². The number of rotatable bonds is 4. The Balaban J connectivity index is 2.79. The first-order chi connectivity index (χ1) is 6.15. The Kier molecular flexibility index (Phi) is 3.02. The molecule has 5 heteroatoms. The third kappa shape index (κ3) is 2.29. The Morgan fingerprint density at radius 2 is 2.54 bits per heavy atom. The first kappa shape index (κ1) is 9.73. The van der Waals surface area contributed by atoms with Gasteiger partial charge in [-0.05, 0) is 6.92 Å². The van der Waals surface area contributed by atoms with E-state index in [1.54, 1.807) is 0 Å². The normalized spacial score (nSPS) is 9.62. The van der Waals surface area contributed by atoms with Gasteiger partial charge in [-0.15, -0.1) is 11.3 Å². The maximum atomic E-state index is 10.7. The number of carbonyl (C=O) groups is 1. The lowest BCUT2D eigenvalue weighted by Gasteiger charge is -2.01. The number of hydrogen-bond donors (Lipinski definition) is 1. The minimum Gasteiger partial charge on any atom is -0.493 e. The van der Waals surface area contributed by atoms with Crippen molar-refractivity contribution in [2.75, 3.05) is 6.61 Å². The van der Waals surface area contributed by atoms with Gasteiger partial charge in [0.25, 0.3) is 5.91 Å². The monoisotopic (exact) mass is 198 g/mol. The molecule has 1 aromatic heterocycles. The molecule has 0 aliphatic heterocycles. The highest BCUT2D eigenvalue weighted by Gasteiger charge is 2.09. The number of carbonyl (C=O) groups excluding carboxylic acids is 1. The molecule has 0 fully saturated rings. The second kappa shape index (κ2) is 4.04. The first-order valence-corrected chi connectivity index (χ1v) is 4.54. The van der Waals surface area contributed by atoms with Crippen LogP contribution in [0.3, 0.4) is 0 Å². The summed E-state index contributed by atoms with van der Waals surface area (Å²) in [7, 11) is 0. The molecular weight excluding hydrogens is 188 g/mol. The standard InChI is InChI=1S/C8H10N2O2S/c1-3-12-5(2)6-4-10-8(13-6)7(9)11/h4H,2-3H2,1H3,(H2,9,11). The lowest BCUT2D eigenvalue weighted by atomic mass is 10.5. The fraction of sp³-hybridized carbons (Fsp3) is 0.250. The van der Waals surface area contributed by atoms with Crippen LogP contribution in [-0.4, -0.2) is 17.5 Å². The van der Waals surface area contributed by atoms with Gasteiger partial charge >= 0.3 is 0 Å². The minimum absolute atomic E-state index is 0.274. The summed E-state index contributed by atoms with van der Waals surface area (Å²) in [6, 6.07) is 0. The Labute approximate surface area is 80.0 Å². The van der Waals surface area contributed by atoms with Crippen LogP contribution in [0.1, 0.15) is 21.6 Å². The zero-order valence-electron chi connectivity index (χ0n) is 7.24. The van der Waals surface area contributed by atoms with Crippen LogP contribution < -0.4 is 5.73 Å². The van der Waals surface area contributed by atoms with Crippen LogP contribution in [0.15, 0.2) is 12.8 Å². The molecule has 1 amide bonds. The van der Waals surface area contributed by atoms with Crippen LogP contribution in [0.2, 0.25) is 0 Å². The molecule has 70 valence electrons. The summed E-state index contributed by atoms with van der Waals surface area (Å²) >= 11 is 1.18. The second-order valence-electron chi connectivity index (χ2n) is 2.25. The lowest BCUT2D eigenvalue weighted by Crippen LogP contribution is -2.09.